The molecule has 1 heterocycles. The SMILES string of the molecule is CNc1nc(C)c(C(=O)O[C@@H](C)C(=O)OC)s1. The van der Waals surface area contributed by atoms with E-state index in [4.69, 9.17) is 4.74 Å². The summed E-state index contributed by atoms with van der Waals surface area (Å²) < 4.78 is 9.42. The molecule has 1 aromatic heterocycles. The average Bonchev–Trinajstić information content (AvgIpc) is 2.69. The zero-order valence-corrected chi connectivity index (χ0v) is 10.9. The van der Waals surface area contributed by atoms with Gasteiger partial charge in [-0.15, -0.1) is 0 Å². The molecule has 0 unspecified atom stereocenters. The predicted molar refractivity (Wildman–Crippen MR) is 63.3 cm³/mol. The second kappa shape index (κ2) is 5.62. The molecular formula is C10H14N2O4S. The number of nitrogens with one attached hydrogen (secondary N) is 1. The number of hydrogen-bond donors (Lipinski definition) is 1. The fourth-order valence-electron chi connectivity index (χ4n) is 1.12. The number of carbonyl (C=O) groups is 2. The topological polar surface area (TPSA) is 77.5 Å². The van der Waals surface area contributed by atoms with Gasteiger partial charge in [0.05, 0.1) is 12.8 Å². The van der Waals surface area contributed by atoms with Crippen LogP contribution in [0.15, 0.2) is 0 Å². The molecular weight excluding hydrogens is 244 g/mol. The number of carbonyl (C=O) groups excluding carboxylic acids is 2. The van der Waals surface area contributed by atoms with Crippen molar-refractivity contribution in [2.75, 3.05) is 19.5 Å². The lowest BCUT2D eigenvalue weighted by molar-refractivity contribution is -0.149. The lowest BCUT2D eigenvalue weighted by atomic mass is 10.4. The molecule has 7 heteroatoms. The molecule has 1 aromatic rings. The van der Waals surface area contributed by atoms with Gasteiger partial charge >= 0.3 is 11.9 Å². The number of anilines is 1. The highest BCUT2D eigenvalue weighted by molar-refractivity contribution is 7.17. The minimum atomic E-state index is -0.924. The summed E-state index contributed by atoms with van der Waals surface area (Å²) in [5, 5.41) is 3.46. The van der Waals surface area contributed by atoms with Crippen LogP contribution in [0.5, 0.6) is 0 Å². The normalized spacial score (nSPS) is 11.8. The first-order valence-corrected chi connectivity index (χ1v) is 5.75. The second-order valence-electron chi connectivity index (χ2n) is 3.25. The molecule has 0 radical (unpaired) electrons. The third-order valence-corrected chi connectivity index (χ3v) is 3.17. The van der Waals surface area contributed by atoms with Crippen LogP contribution in [0.4, 0.5) is 5.13 Å². The van der Waals surface area contributed by atoms with E-state index >= 15 is 0 Å². The maximum absolute atomic E-state index is 11.7. The van der Waals surface area contributed by atoms with Crippen LogP contribution in [-0.4, -0.2) is 37.2 Å². The fraction of sp³-hybridized carbons (Fsp3) is 0.500. The van der Waals surface area contributed by atoms with Crippen LogP contribution in [0.1, 0.15) is 22.3 Å². The smallest absolute Gasteiger partial charge is 0.351 e. The third-order valence-electron chi connectivity index (χ3n) is 2.01. The van der Waals surface area contributed by atoms with Crippen LogP contribution in [0, 0.1) is 6.92 Å². The zero-order valence-electron chi connectivity index (χ0n) is 10.1. The Morgan fingerprint density at radius 3 is 2.59 bits per heavy atom. The number of rotatable bonds is 4. The van der Waals surface area contributed by atoms with E-state index in [1.165, 1.54) is 25.4 Å². The van der Waals surface area contributed by atoms with E-state index in [2.05, 4.69) is 15.0 Å². The number of esters is 2. The highest BCUT2D eigenvalue weighted by Gasteiger charge is 2.22. The van der Waals surface area contributed by atoms with Gasteiger partial charge in [-0.25, -0.2) is 14.6 Å². The van der Waals surface area contributed by atoms with Crippen molar-refractivity contribution in [1.29, 1.82) is 0 Å². The Balaban J connectivity index is 2.76. The number of thiazole rings is 1. The molecule has 0 aliphatic carbocycles. The van der Waals surface area contributed by atoms with Crippen molar-refractivity contribution in [3.8, 4) is 0 Å². The summed E-state index contributed by atoms with van der Waals surface area (Å²) in [5.74, 6) is -1.16. The van der Waals surface area contributed by atoms with Gasteiger partial charge in [-0.1, -0.05) is 11.3 Å². The van der Waals surface area contributed by atoms with Gasteiger partial charge in [-0.05, 0) is 13.8 Å². The van der Waals surface area contributed by atoms with E-state index in [0.29, 0.717) is 15.7 Å². The standard InChI is InChI=1S/C10H14N2O4S/c1-5-7(17-10(11-3)12-5)9(14)16-6(2)8(13)15-4/h6H,1-4H3,(H,11,12)/t6-/m0/s1. The summed E-state index contributed by atoms with van der Waals surface area (Å²) in [6, 6.07) is 0. The summed E-state index contributed by atoms with van der Waals surface area (Å²) in [6.07, 6.45) is -0.924. The molecule has 0 fully saturated rings. The largest absolute Gasteiger partial charge is 0.466 e. The third kappa shape index (κ3) is 3.16. The maximum atomic E-state index is 11.7. The highest BCUT2D eigenvalue weighted by Crippen LogP contribution is 2.23. The minimum absolute atomic E-state index is 0.380. The first-order valence-electron chi connectivity index (χ1n) is 4.93. The summed E-state index contributed by atoms with van der Waals surface area (Å²) in [5.41, 5.74) is 0.571. The Labute approximate surface area is 103 Å². The molecule has 1 N–H and O–H groups in total. The lowest BCUT2D eigenvalue weighted by Crippen LogP contribution is -2.25. The van der Waals surface area contributed by atoms with E-state index in [0.717, 1.165) is 0 Å². The van der Waals surface area contributed by atoms with Crippen molar-refractivity contribution >= 4 is 28.4 Å². The van der Waals surface area contributed by atoms with Crippen LogP contribution < -0.4 is 5.32 Å². The van der Waals surface area contributed by atoms with Gasteiger partial charge in [0.15, 0.2) is 11.2 Å². The van der Waals surface area contributed by atoms with E-state index in [1.807, 2.05) is 0 Å². The molecule has 0 saturated heterocycles. The summed E-state index contributed by atoms with van der Waals surface area (Å²) in [6.45, 7) is 3.16. The van der Waals surface area contributed by atoms with Crippen molar-refractivity contribution in [2.24, 2.45) is 0 Å². The Bertz CT molecular complexity index is 430. The number of aromatic nitrogens is 1. The maximum Gasteiger partial charge on any atom is 0.351 e. The molecule has 0 amide bonds. The quantitative estimate of drug-likeness (QED) is 0.818. The van der Waals surface area contributed by atoms with Gasteiger partial charge in [-0.2, -0.15) is 0 Å². The number of ether oxygens (including phenoxy) is 2. The van der Waals surface area contributed by atoms with E-state index in [9.17, 15) is 9.59 Å². The number of methoxy groups -OCH3 is 1. The Morgan fingerprint density at radius 1 is 1.47 bits per heavy atom. The van der Waals surface area contributed by atoms with E-state index < -0.39 is 18.0 Å². The van der Waals surface area contributed by atoms with Crippen molar-refractivity contribution in [3.63, 3.8) is 0 Å². The molecule has 0 saturated carbocycles. The minimum Gasteiger partial charge on any atom is -0.466 e. The van der Waals surface area contributed by atoms with Crippen LogP contribution in [-0.2, 0) is 14.3 Å². The molecule has 6 nitrogen and oxygen atoms in total. The number of hydrogen-bond acceptors (Lipinski definition) is 7. The van der Waals surface area contributed by atoms with Crippen molar-refractivity contribution in [1.82, 2.24) is 4.98 Å². The Morgan fingerprint density at radius 2 is 2.12 bits per heavy atom. The molecule has 0 spiro atoms. The average molecular weight is 258 g/mol. The fourth-order valence-corrected chi connectivity index (χ4v) is 1.92. The number of nitrogens with zero attached hydrogens (tertiary/aromatic N) is 1. The predicted octanol–water partition coefficient (Wildman–Crippen LogP) is 1.21. The van der Waals surface area contributed by atoms with Gasteiger partial charge in [0.2, 0.25) is 0 Å². The molecule has 0 aromatic carbocycles. The van der Waals surface area contributed by atoms with Gasteiger partial charge in [0, 0.05) is 7.05 Å². The van der Waals surface area contributed by atoms with Gasteiger partial charge in [0.1, 0.15) is 4.88 Å². The van der Waals surface area contributed by atoms with Crippen molar-refractivity contribution in [2.45, 2.75) is 20.0 Å². The summed E-state index contributed by atoms with van der Waals surface area (Å²) in [4.78, 5) is 27.3. The molecule has 0 aliphatic rings. The lowest BCUT2D eigenvalue weighted by Gasteiger charge is -2.09. The first kappa shape index (κ1) is 13.4. The van der Waals surface area contributed by atoms with Crippen LogP contribution >= 0.6 is 11.3 Å². The van der Waals surface area contributed by atoms with Gasteiger partial charge in [-0.3, -0.25) is 0 Å². The summed E-state index contributed by atoms with van der Waals surface area (Å²) >= 11 is 1.18. The van der Waals surface area contributed by atoms with Gasteiger partial charge < -0.3 is 14.8 Å². The molecule has 0 aliphatic heterocycles. The number of aryl methyl sites for hydroxylation is 1. The van der Waals surface area contributed by atoms with Crippen LogP contribution in [0.3, 0.4) is 0 Å². The van der Waals surface area contributed by atoms with E-state index in [1.54, 1.807) is 14.0 Å². The van der Waals surface area contributed by atoms with Crippen LogP contribution in [0.2, 0.25) is 0 Å². The summed E-state index contributed by atoms with van der Waals surface area (Å²) in [7, 11) is 2.95. The second-order valence-corrected chi connectivity index (χ2v) is 4.25. The zero-order chi connectivity index (χ0) is 13.0. The van der Waals surface area contributed by atoms with Crippen molar-refractivity contribution in [3.05, 3.63) is 10.6 Å². The van der Waals surface area contributed by atoms with Gasteiger partial charge in [0.25, 0.3) is 0 Å². The molecule has 1 atom stereocenters. The van der Waals surface area contributed by atoms with Crippen molar-refractivity contribution < 1.29 is 19.1 Å². The highest BCUT2D eigenvalue weighted by atomic mass is 32.1. The molecule has 94 valence electrons. The van der Waals surface area contributed by atoms with E-state index in [-0.39, 0.29) is 0 Å². The van der Waals surface area contributed by atoms with Crippen LogP contribution in [0.25, 0.3) is 0 Å². The molecule has 1 rings (SSSR count). The molecule has 0 bridgehead atoms. The first-order chi connectivity index (χ1) is 7.99. The Hall–Kier alpha value is -1.63. The molecule has 17 heavy (non-hydrogen) atoms. The Kier molecular flexibility index (Phi) is 4.45. The monoisotopic (exact) mass is 258 g/mol.